The molecule has 0 saturated carbocycles. The second-order valence-electron chi connectivity index (χ2n) is 4.25. The van der Waals surface area contributed by atoms with Crippen LogP contribution in [0.3, 0.4) is 0 Å². The average Bonchev–Trinajstić information content (AvgIpc) is 2.40. The van der Waals surface area contributed by atoms with Crippen molar-refractivity contribution in [3.8, 4) is 11.5 Å². The SMILES string of the molecule is COc1ccc2c(c1Br)CC/C=C(/C)CCO2. The molecule has 1 aliphatic rings. The van der Waals surface area contributed by atoms with E-state index in [1.807, 2.05) is 12.1 Å². The Morgan fingerprint density at radius 1 is 1.29 bits per heavy atom. The molecule has 0 unspecified atom stereocenters. The first-order chi connectivity index (χ1) is 8.22. The van der Waals surface area contributed by atoms with E-state index in [0.717, 1.165) is 41.8 Å². The van der Waals surface area contributed by atoms with E-state index in [1.165, 1.54) is 11.1 Å². The van der Waals surface area contributed by atoms with Gasteiger partial charge in [0.05, 0.1) is 18.2 Å². The Labute approximate surface area is 111 Å². The van der Waals surface area contributed by atoms with Crippen LogP contribution in [0.2, 0.25) is 0 Å². The van der Waals surface area contributed by atoms with Gasteiger partial charge in [-0.05, 0) is 47.8 Å². The molecule has 0 aromatic heterocycles. The van der Waals surface area contributed by atoms with Crippen LogP contribution in [0.5, 0.6) is 11.5 Å². The highest BCUT2D eigenvalue weighted by atomic mass is 79.9. The van der Waals surface area contributed by atoms with Crippen LogP contribution in [0, 0.1) is 0 Å². The van der Waals surface area contributed by atoms with Crippen molar-refractivity contribution in [1.29, 1.82) is 0 Å². The lowest BCUT2D eigenvalue weighted by Crippen LogP contribution is -2.01. The highest BCUT2D eigenvalue weighted by Gasteiger charge is 2.13. The fraction of sp³-hybridized carbons (Fsp3) is 0.429. The van der Waals surface area contributed by atoms with Gasteiger partial charge >= 0.3 is 0 Å². The predicted molar refractivity (Wildman–Crippen MR) is 72.9 cm³/mol. The smallest absolute Gasteiger partial charge is 0.133 e. The second kappa shape index (κ2) is 5.58. The van der Waals surface area contributed by atoms with Crippen molar-refractivity contribution in [3.05, 3.63) is 33.8 Å². The zero-order valence-corrected chi connectivity index (χ0v) is 11.8. The van der Waals surface area contributed by atoms with Crippen LogP contribution in [-0.2, 0) is 6.42 Å². The van der Waals surface area contributed by atoms with Gasteiger partial charge in [-0.25, -0.2) is 0 Å². The summed E-state index contributed by atoms with van der Waals surface area (Å²) in [5.41, 5.74) is 2.61. The third-order valence-electron chi connectivity index (χ3n) is 3.03. The molecule has 92 valence electrons. The highest BCUT2D eigenvalue weighted by Crippen LogP contribution is 2.36. The standard InChI is InChI=1S/C14H17BrO2/c1-10-4-3-5-11-12(17-9-8-10)6-7-13(16-2)14(11)15/h4,6-7H,3,5,8-9H2,1-2H3/b10-4-. The van der Waals surface area contributed by atoms with E-state index in [2.05, 4.69) is 28.9 Å². The van der Waals surface area contributed by atoms with Crippen molar-refractivity contribution < 1.29 is 9.47 Å². The quantitative estimate of drug-likeness (QED) is 0.726. The third-order valence-corrected chi connectivity index (χ3v) is 3.90. The number of fused-ring (bicyclic) bond motifs is 1. The van der Waals surface area contributed by atoms with Crippen LogP contribution in [0.15, 0.2) is 28.3 Å². The number of ether oxygens (including phenoxy) is 2. The van der Waals surface area contributed by atoms with Gasteiger partial charge in [0.2, 0.25) is 0 Å². The lowest BCUT2D eigenvalue weighted by atomic mass is 10.1. The number of halogens is 1. The normalized spacial score (nSPS) is 18.9. The summed E-state index contributed by atoms with van der Waals surface area (Å²) in [6.07, 6.45) is 5.33. The van der Waals surface area contributed by atoms with E-state index in [0.29, 0.717) is 0 Å². The van der Waals surface area contributed by atoms with Gasteiger partial charge in [-0.3, -0.25) is 0 Å². The Morgan fingerprint density at radius 2 is 2.12 bits per heavy atom. The fourth-order valence-corrected chi connectivity index (χ4v) is 2.68. The number of hydrogen-bond donors (Lipinski definition) is 0. The minimum atomic E-state index is 0.744. The maximum Gasteiger partial charge on any atom is 0.133 e. The van der Waals surface area contributed by atoms with E-state index in [4.69, 9.17) is 9.47 Å². The molecule has 1 heterocycles. The van der Waals surface area contributed by atoms with Crippen molar-refractivity contribution in [1.82, 2.24) is 0 Å². The molecule has 0 radical (unpaired) electrons. The van der Waals surface area contributed by atoms with Crippen molar-refractivity contribution in [2.45, 2.75) is 26.2 Å². The number of allylic oxidation sites excluding steroid dienone is 1. The molecule has 3 heteroatoms. The van der Waals surface area contributed by atoms with Crippen LogP contribution in [0.4, 0.5) is 0 Å². The van der Waals surface area contributed by atoms with Crippen molar-refractivity contribution in [2.75, 3.05) is 13.7 Å². The molecule has 0 spiro atoms. The van der Waals surface area contributed by atoms with Crippen LogP contribution in [0.25, 0.3) is 0 Å². The van der Waals surface area contributed by atoms with E-state index in [1.54, 1.807) is 7.11 Å². The summed E-state index contributed by atoms with van der Waals surface area (Å²) in [5, 5.41) is 0. The first kappa shape index (κ1) is 12.5. The molecule has 1 aliphatic heterocycles. The maximum atomic E-state index is 5.83. The molecule has 17 heavy (non-hydrogen) atoms. The second-order valence-corrected chi connectivity index (χ2v) is 5.04. The lowest BCUT2D eigenvalue weighted by molar-refractivity contribution is 0.318. The Bertz CT molecular complexity index is 438. The molecule has 2 rings (SSSR count). The summed E-state index contributed by atoms with van der Waals surface area (Å²) in [6, 6.07) is 3.95. The summed E-state index contributed by atoms with van der Waals surface area (Å²) >= 11 is 3.60. The Kier molecular flexibility index (Phi) is 4.11. The number of hydrogen-bond acceptors (Lipinski definition) is 2. The van der Waals surface area contributed by atoms with Crippen molar-refractivity contribution >= 4 is 15.9 Å². The van der Waals surface area contributed by atoms with Gasteiger partial charge in [-0.2, -0.15) is 0 Å². The summed E-state index contributed by atoms with van der Waals surface area (Å²) < 4.78 is 12.2. The predicted octanol–water partition coefficient (Wildman–Crippen LogP) is 4.12. The number of methoxy groups -OCH3 is 1. The number of rotatable bonds is 1. The monoisotopic (exact) mass is 296 g/mol. The van der Waals surface area contributed by atoms with E-state index in [9.17, 15) is 0 Å². The lowest BCUT2D eigenvalue weighted by Gasteiger charge is -2.14. The van der Waals surface area contributed by atoms with Gasteiger partial charge in [-0.1, -0.05) is 11.6 Å². The highest BCUT2D eigenvalue weighted by molar-refractivity contribution is 9.10. The zero-order valence-electron chi connectivity index (χ0n) is 10.3. The fourth-order valence-electron chi connectivity index (χ4n) is 1.99. The Morgan fingerprint density at radius 3 is 2.88 bits per heavy atom. The van der Waals surface area contributed by atoms with Gasteiger partial charge in [-0.15, -0.1) is 0 Å². The first-order valence-corrected chi connectivity index (χ1v) is 6.65. The Balaban J connectivity index is 2.35. The zero-order chi connectivity index (χ0) is 12.3. The summed E-state index contributed by atoms with van der Waals surface area (Å²) in [7, 11) is 1.69. The van der Waals surface area contributed by atoms with Crippen LogP contribution in [-0.4, -0.2) is 13.7 Å². The van der Waals surface area contributed by atoms with Gasteiger partial charge in [0.15, 0.2) is 0 Å². The molecule has 0 atom stereocenters. The van der Waals surface area contributed by atoms with Crippen molar-refractivity contribution in [3.63, 3.8) is 0 Å². The molecule has 0 aliphatic carbocycles. The molecular formula is C14H17BrO2. The summed E-state index contributed by atoms with van der Waals surface area (Å²) in [4.78, 5) is 0. The Hall–Kier alpha value is -0.960. The van der Waals surface area contributed by atoms with Crippen LogP contribution in [0.1, 0.15) is 25.3 Å². The van der Waals surface area contributed by atoms with Crippen LogP contribution < -0.4 is 9.47 Å². The van der Waals surface area contributed by atoms with Gasteiger partial charge in [0.25, 0.3) is 0 Å². The topological polar surface area (TPSA) is 18.5 Å². The molecule has 2 nitrogen and oxygen atoms in total. The molecule has 0 fully saturated rings. The molecule has 1 aromatic carbocycles. The van der Waals surface area contributed by atoms with E-state index < -0.39 is 0 Å². The first-order valence-electron chi connectivity index (χ1n) is 5.86. The molecule has 0 saturated heterocycles. The summed E-state index contributed by atoms with van der Waals surface area (Å²) in [6.45, 7) is 2.91. The van der Waals surface area contributed by atoms with Gasteiger partial charge < -0.3 is 9.47 Å². The molecule has 0 N–H and O–H groups in total. The number of benzene rings is 1. The average molecular weight is 297 g/mol. The molecular weight excluding hydrogens is 280 g/mol. The molecule has 1 aromatic rings. The third kappa shape index (κ3) is 2.83. The van der Waals surface area contributed by atoms with Crippen molar-refractivity contribution in [2.24, 2.45) is 0 Å². The maximum absolute atomic E-state index is 5.83. The van der Waals surface area contributed by atoms with Crippen LogP contribution >= 0.6 is 15.9 Å². The van der Waals surface area contributed by atoms with E-state index >= 15 is 0 Å². The van der Waals surface area contributed by atoms with Gasteiger partial charge in [0, 0.05) is 12.0 Å². The minimum Gasteiger partial charge on any atom is -0.496 e. The summed E-state index contributed by atoms with van der Waals surface area (Å²) in [5.74, 6) is 1.84. The largest absolute Gasteiger partial charge is 0.496 e. The van der Waals surface area contributed by atoms with Gasteiger partial charge in [0.1, 0.15) is 11.5 Å². The minimum absolute atomic E-state index is 0.744. The molecule has 0 amide bonds. The molecule has 0 bridgehead atoms. The van der Waals surface area contributed by atoms with E-state index in [-0.39, 0.29) is 0 Å².